The molecule has 0 fully saturated rings. The van der Waals surface area contributed by atoms with Crippen molar-refractivity contribution in [2.45, 2.75) is 6.54 Å². The molecule has 3 aromatic rings. The van der Waals surface area contributed by atoms with Crippen LogP contribution in [-0.2, 0) is 6.54 Å². The average Bonchev–Trinajstić information content (AvgIpc) is 2.98. The summed E-state index contributed by atoms with van der Waals surface area (Å²) in [5.74, 6) is -0.894. The summed E-state index contributed by atoms with van der Waals surface area (Å²) >= 11 is 1.56. The number of nitrogens with zero attached hydrogens (tertiary/aromatic N) is 2. The molecule has 0 unspecified atom stereocenters. The second-order valence-corrected chi connectivity index (χ2v) is 4.93. The molecule has 0 bridgehead atoms. The molecule has 5 heteroatoms. The van der Waals surface area contributed by atoms with Crippen molar-refractivity contribution in [1.82, 2.24) is 9.55 Å². The Kier molecular flexibility index (Phi) is 2.60. The first-order valence-corrected chi connectivity index (χ1v) is 6.32. The maximum absolute atomic E-state index is 11.2. The lowest BCUT2D eigenvalue weighted by Gasteiger charge is -2.01. The summed E-state index contributed by atoms with van der Waals surface area (Å²) < 4.78 is 1.95. The Morgan fingerprint density at radius 1 is 1.39 bits per heavy atom. The normalized spacial score (nSPS) is 10.9. The van der Waals surface area contributed by atoms with Gasteiger partial charge in [-0.2, -0.15) is 0 Å². The Balaban J connectivity index is 2.14. The van der Waals surface area contributed by atoms with Crippen molar-refractivity contribution in [3.05, 3.63) is 52.6 Å². The van der Waals surface area contributed by atoms with Gasteiger partial charge < -0.3 is 9.67 Å². The lowest BCUT2D eigenvalue weighted by Crippen LogP contribution is -1.97. The van der Waals surface area contributed by atoms with E-state index in [1.165, 1.54) is 0 Å². The third-order valence-electron chi connectivity index (χ3n) is 2.83. The minimum Gasteiger partial charge on any atom is -0.478 e. The van der Waals surface area contributed by atoms with E-state index >= 15 is 0 Å². The quantitative estimate of drug-likeness (QED) is 0.786. The van der Waals surface area contributed by atoms with Crippen LogP contribution in [0, 0.1) is 0 Å². The zero-order valence-electron chi connectivity index (χ0n) is 9.41. The summed E-state index contributed by atoms with van der Waals surface area (Å²) in [5, 5.41) is 9.97. The van der Waals surface area contributed by atoms with E-state index < -0.39 is 5.97 Å². The molecule has 0 aliphatic carbocycles. The van der Waals surface area contributed by atoms with E-state index in [2.05, 4.69) is 4.98 Å². The third kappa shape index (κ3) is 1.78. The highest BCUT2D eigenvalue weighted by Gasteiger charge is 2.13. The van der Waals surface area contributed by atoms with Gasteiger partial charge in [-0.1, -0.05) is 18.2 Å². The number of thiazole rings is 1. The molecule has 0 atom stereocenters. The zero-order chi connectivity index (χ0) is 12.5. The van der Waals surface area contributed by atoms with Crippen LogP contribution >= 0.6 is 11.3 Å². The van der Waals surface area contributed by atoms with Crippen LogP contribution in [0.3, 0.4) is 0 Å². The lowest BCUT2D eigenvalue weighted by molar-refractivity contribution is 0.0699. The molecular weight excluding hydrogens is 248 g/mol. The minimum atomic E-state index is -0.894. The first kappa shape index (κ1) is 11.0. The highest BCUT2D eigenvalue weighted by molar-refractivity contribution is 7.09. The van der Waals surface area contributed by atoms with Gasteiger partial charge in [0.05, 0.1) is 17.6 Å². The number of carboxylic acid groups (broad SMARTS) is 1. The molecule has 0 amide bonds. The van der Waals surface area contributed by atoms with Crippen LogP contribution in [0.2, 0.25) is 0 Å². The number of hydrogen-bond acceptors (Lipinski definition) is 3. The van der Waals surface area contributed by atoms with Gasteiger partial charge in [-0.25, -0.2) is 4.79 Å². The number of carbonyl (C=O) groups is 1. The summed E-state index contributed by atoms with van der Waals surface area (Å²) in [6.45, 7) is 0.651. The third-order valence-corrected chi connectivity index (χ3v) is 3.59. The van der Waals surface area contributed by atoms with Crippen molar-refractivity contribution in [2.75, 3.05) is 0 Å². The van der Waals surface area contributed by atoms with Crippen LogP contribution in [0.1, 0.15) is 15.2 Å². The van der Waals surface area contributed by atoms with E-state index in [0.717, 1.165) is 15.8 Å². The van der Waals surface area contributed by atoms with Gasteiger partial charge in [0.2, 0.25) is 0 Å². The summed E-state index contributed by atoms with van der Waals surface area (Å²) in [6, 6.07) is 7.54. The number of benzene rings is 1. The molecule has 1 N–H and O–H groups in total. The van der Waals surface area contributed by atoms with Gasteiger partial charge in [0.1, 0.15) is 0 Å². The number of hydrogen-bond donors (Lipinski definition) is 1. The first-order valence-electron chi connectivity index (χ1n) is 5.44. The Morgan fingerprint density at radius 2 is 2.22 bits per heavy atom. The monoisotopic (exact) mass is 258 g/mol. The predicted molar refractivity (Wildman–Crippen MR) is 70.1 cm³/mol. The van der Waals surface area contributed by atoms with Crippen LogP contribution < -0.4 is 0 Å². The van der Waals surface area contributed by atoms with Crippen LogP contribution in [0.4, 0.5) is 0 Å². The molecule has 18 heavy (non-hydrogen) atoms. The Labute approximate surface area is 107 Å². The number of para-hydroxylation sites is 1. The summed E-state index contributed by atoms with van der Waals surface area (Å²) in [5.41, 5.74) is 3.05. The standard InChI is InChI=1S/C13H10N2O2S/c16-13(17)11-7-15(6-9-5-14-8-18-9)12-4-2-1-3-10(11)12/h1-5,7-8H,6H2,(H,16,17). The zero-order valence-corrected chi connectivity index (χ0v) is 10.2. The predicted octanol–water partition coefficient (Wildman–Crippen LogP) is 2.84. The molecule has 2 heterocycles. The summed E-state index contributed by atoms with van der Waals surface area (Å²) in [7, 11) is 0. The number of aromatic carboxylic acids is 1. The highest BCUT2D eigenvalue weighted by atomic mass is 32.1. The fraction of sp³-hybridized carbons (Fsp3) is 0.0769. The molecule has 0 aliphatic heterocycles. The van der Waals surface area contributed by atoms with Gasteiger partial charge in [-0.05, 0) is 6.07 Å². The molecule has 0 radical (unpaired) electrons. The average molecular weight is 258 g/mol. The van der Waals surface area contributed by atoms with Crippen molar-refractivity contribution in [2.24, 2.45) is 0 Å². The number of aromatic nitrogens is 2. The Hall–Kier alpha value is -2.14. The molecule has 0 saturated heterocycles. The smallest absolute Gasteiger partial charge is 0.337 e. The molecule has 0 spiro atoms. The first-order chi connectivity index (χ1) is 8.75. The van der Waals surface area contributed by atoms with Crippen LogP contribution in [-0.4, -0.2) is 20.6 Å². The van der Waals surface area contributed by atoms with Crippen molar-refractivity contribution < 1.29 is 9.90 Å². The maximum atomic E-state index is 11.2. The van der Waals surface area contributed by atoms with Gasteiger partial charge in [-0.15, -0.1) is 11.3 Å². The number of carboxylic acids is 1. The highest BCUT2D eigenvalue weighted by Crippen LogP contribution is 2.23. The fourth-order valence-corrected chi connectivity index (χ4v) is 2.63. The van der Waals surface area contributed by atoms with E-state index in [1.54, 1.807) is 29.2 Å². The molecule has 0 saturated carbocycles. The van der Waals surface area contributed by atoms with E-state index in [0.29, 0.717) is 12.1 Å². The van der Waals surface area contributed by atoms with E-state index in [9.17, 15) is 9.90 Å². The molecular formula is C13H10N2O2S. The Morgan fingerprint density at radius 3 is 2.94 bits per heavy atom. The van der Waals surface area contributed by atoms with Crippen molar-refractivity contribution >= 4 is 28.2 Å². The minimum absolute atomic E-state index is 0.343. The van der Waals surface area contributed by atoms with E-state index in [1.807, 2.05) is 28.8 Å². The van der Waals surface area contributed by atoms with E-state index in [-0.39, 0.29) is 0 Å². The van der Waals surface area contributed by atoms with Gasteiger partial charge in [-0.3, -0.25) is 4.98 Å². The largest absolute Gasteiger partial charge is 0.478 e. The van der Waals surface area contributed by atoms with Crippen molar-refractivity contribution in [1.29, 1.82) is 0 Å². The second-order valence-electron chi connectivity index (χ2n) is 3.96. The molecule has 1 aromatic carbocycles. The Bertz CT molecular complexity index is 701. The van der Waals surface area contributed by atoms with E-state index in [4.69, 9.17) is 0 Å². The fourth-order valence-electron chi connectivity index (χ4n) is 2.04. The summed E-state index contributed by atoms with van der Waals surface area (Å²) in [4.78, 5) is 16.3. The van der Waals surface area contributed by atoms with Gasteiger partial charge >= 0.3 is 5.97 Å². The molecule has 90 valence electrons. The topological polar surface area (TPSA) is 55.1 Å². The molecule has 0 aliphatic rings. The van der Waals surface area contributed by atoms with Gasteiger partial charge in [0.15, 0.2) is 0 Å². The van der Waals surface area contributed by atoms with Gasteiger partial charge in [0.25, 0.3) is 0 Å². The number of fused-ring (bicyclic) bond motifs is 1. The van der Waals surface area contributed by atoms with Crippen LogP contribution in [0.25, 0.3) is 10.9 Å². The van der Waals surface area contributed by atoms with Crippen LogP contribution in [0.15, 0.2) is 42.2 Å². The van der Waals surface area contributed by atoms with Crippen molar-refractivity contribution in [3.63, 3.8) is 0 Å². The van der Waals surface area contributed by atoms with Crippen LogP contribution in [0.5, 0.6) is 0 Å². The van der Waals surface area contributed by atoms with Crippen molar-refractivity contribution in [3.8, 4) is 0 Å². The molecule has 3 rings (SSSR count). The number of rotatable bonds is 3. The SMILES string of the molecule is O=C(O)c1cn(Cc2cncs2)c2ccccc12. The maximum Gasteiger partial charge on any atom is 0.337 e. The lowest BCUT2D eigenvalue weighted by atomic mass is 10.2. The molecule has 2 aromatic heterocycles. The summed E-state index contributed by atoms with van der Waals surface area (Å²) in [6.07, 6.45) is 3.49. The van der Waals surface area contributed by atoms with Gasteiger partial charge in [0, 0.05) is 28.2 Å². The second kappa shape index (κ2) is 4.27. The molecule has 4 nitrogen and oxygen atoms in total.